The maximum atomic E-state index is 5.96. The molecular formula is C14H21NOS. The Morgan fingerprint density at radius 1 is 1.53 bits per heavy atom. The highest BCUT2D eigenvalue weighted by molar-refractivity contribution is 7.10. The van der Waals surface area contributed by atoms with Crippen molar-refractivity contribution >= 4 is 11.3 Å². The topological polar surface area (TPSA) is 21.3 Å². The second kappa shape index (κ2) is 4.71. The van der Waals surface area contributed by atoms with Crippen LogP contribution in [0.25, 0.3) is 0 Å². The molecule has 1 aromatic rings. The second-order valence-electron chi connectivity index (χ2n) is 5.48. The van der Waals surface area contributed by atoms with E-state index in [0.717, 1.165) is 13.2 Å². The quantitative estimate of drug-likeness (QED) is 0.890. The van der Waals surface area contributed by atoms with E-state index in [1.165, 1.54) is 42.5 Å². The van der Waals surface area contributed by atoms with Crippen molar-refractivity contribution in [3.05, 3.63) is 21.9 Å². The Bertz CT molecular complexity index is 383. The lowest BCUT2D eigenvalue weighted by Gasteiger charge is -2.47. The first kappa shape index (κ1) is 11.7. The molecule has 3 heteroatoms. The van der Waals surface area contributed by atoms with E-state index in [4.69, 9.17) is 4.74 Å². The smallest absolute Gasteiger partial charge is 0.0697 e. The monoisotopic (exact) mass is 251 g/mol. The van der Waals surface area contributed by atoms with Crippen LogP contribution >= 0.6 is 11.3 Å². The van der Waals surface area contributed by atoms with E-state index in [0.29, 0.717) is 6.04 Å². The van der Waals surface area contributed by atoms with Gasteiger partial charge >= 0.3 is 0 Å². The van der Waals surface area contributed by atoms with Crippen LogP contribution in [0.3, 0.4) is 0 Å². The fraction of sp³-hybridized carbons (Fsp3) is 0.714. The van der Waals surface area contributed by atoms with Crippen molar-refractivity contribution in [1.29, 1.82) is 0 Å². The molecule has 0 aromatic carbocycles. The average Bonchev–Trinajstić information content (AvgIpc) is 2.71. The largest absolute Gasteiger partial charge is 0.375 e. The van der Waals surface area contributed by atoms with E-state index in [9.17, 15) is 0 Å². The van der Waals surface area contributed by atoms with Crippen molar-refractivity contribution in [3.8, 4) is 0 Å². The van der Waals surface area contributed by atoms with Gasteiger partial charge in [0.25, 0.3) is 0 Å². The molecule has 0 amide bonds. The van der Waals surface area contributed by atoms with Crippen LogP contribution in [-0.4, -0.2) is 18.2 Å². The van der Waals surface area contributed by atoms with Crippen molar-refractivity contribution in [3.63, 3.8) is 0 Å². The normalized spacial score (nSPS) is 27.0. The number of hydrogen-bond donors (Lipinski definition) is 1. The molecular weight excluding hydrogens is 230 g/mol. The molecule has 94 valence electrons. The lowest BCUT2D eigenvalue weighted by Crippen LogP contribution is -2.50. The van der Waals surface area contributed by atoms with Gasteiger partial charge in [0.05, 0.1) is 5.60 Å². The van der Waals surface area contributed by atoms with E-state index in [1.807, 2.05) is 11.3 Å². The van der Waals surface area contributed by atoms with Gasteiger partial charge in [-0.05, 0) is 56.0 Å². The Morgan fingerprint density at radius 3 is 3.06 bits per heavy atom. The van der Waals surface area contributed by atoms with Crippen LogP contribution in [0.4, 0.5) is 0 Å². The Balaban J connectivity index is 1.53. The summed E-state index contributed by atoms with van der Waals surface area (Å²) in [6.45, 7) is 4.18. The van der Waals surface area contributed by atoms with Crippen molar-refractivity contribution < 1.29 is 4.74 Å². The number of nitrogens with one attached hydrogen (secondary N) is 1. The third-order valence-electron chi connectivity index (χ3n) is 4.28. The van der Waals surface area contributed by atoms with Gasteiger partial charge in [-0.1, -0.05) is 0 Å². The van der Waals surface area contributed by atoms with Crippen molar-refractivity contribution in [2.45, 2.75) is 57.2 Å². The molecule has 1 N–H and O–H groups in total. The molecule has 1 spiro atoms. The minimum atomic E-state index is 0.264. The van der Waals surface area contributed by atoms with Gasteiger partial charge in [0.2, 0.25) is 0 Å². The molecule has 2 fully saturated rings. The summed E-state index contributed by atoms with van der Waals surface area (Å²) < 4.78 is 5.96. The molecule has 17 heavy (non-hydrogen) atoms. The zero-order valence-corrected chi connectivity index (χ0v) is 11.3. The molecule has 1 aliphatic carbocycles. The standard InChI is InChI=1S/C14H21NOS/c1-11-4-8-17-13(11)10-15-12-3-7-16-14(9-12)5-2-6-14/h4,8,12,15H,2-3,5-7,9-10H2,1H3. The summed E-state index contributed by atoms with van der Waals surface area (Å²) in [6, 6.07) is 2.87. The zero-order chi connectivity index (χ0) is 11.7. The van der Waals surface area contributed by atoms with Crippen LogP contribution in [0.15, 0.2) is 11.4 Å². The fourth-order valence-electron chi connectivity index (χ4n) is 2.94. The number of thiophene rings is 1. The third kappa shape index (κ3) is 2.42. The highest BCUT2D eigenvalue weighted by Crippen LogP contribution is 2.42. The summed E-state index contributed by atoms with van der Waals surface area (Å²) in [7, 11) is 0. The summed E-state index contributed by atoms with van der Waals surface area (Å²) in [4.78, 5) is 1.49. The molecule has 2 aliphatic rings. The van der Waals surface area contributed by atoms with E-state index in [2.05, 4.69) is 23.7 Å². The lowest BCUT2D eigenvalue weighted by atomic mass is 9.74. The molecule has 2 heterocycles. The number of ether oxygens (including phenoxy) is 1. The average molecular weight is 251 g/mol. The molecule has 1 saturated carbocycles. The van der Waals surface area contributed by atoms with Gasteiger partial charge in [0.15, 0.2) is 0 Å². The Morgan fingerprint density at radius 2 is 2.41 bits per heavy atom. The van der Waals surface area contributed by atoms with E-state index in [1.54, 1.807) is 0 Å². The van der Waals surface area contributed by atoms with Crippen LogP contribution in [0.5, 0.6) is 0 Å². The van der Waals surface area contributed by atoms with E-state index >= 15 is 0 Å². The first-order valence-corrected chi connectivity index (χ1v) is 7.56. The van der Waals surface area contributed by atoms with Crippen LogP contribution in [0.2, 0.25) is 0 Å². The van der Waals surface area contributed by atoms with Crippen LogP contribution in [0, 0.1) is 6.92 Å². The fourth-order valence-corrected chi connectivity index (χ4v) is 3.80. The van der Waals surface area contributed by atoms with Crippen molar-refractivity contribution in [1.82, 2.24) is 5.32 Å². The van der Waals surface area contributed by atoms with Crippen LogP contribution < -0.4 is 5.32 Å². The molecule has 1 saturated heterocycles. The van der Waals surface area contributed by atoms with Gasteiger partial charge in [-0.25, -0.2) is 0 Å². The summed E-state index contributed by atoms with van der Waals surface area (Å²) in [5, 5.41) is 5.90. The molecule has 1 atom stereocenters. The minimum Gasteiger partial charge on any atom is -0.375 e. The first-order valence-electron chi connectivity index (χ1n) is 6.68. The van der Waals surface area contributed by atoms with Gasteiger partial charge in [0.1, 0.15) is 0 Å². The van der Waals surface area contributed by atoms with Crippen LogP contribution in [-0.2, 0) is 11.3 Å². The molecule has 0 bridgehead atoms. The first-order chi connectivity index (χ1) is 8.27. The SMILES string of the molecule is Cc1ccsc1CNC1CCOC2(CCC2)C1. The summed E-state index contributed by atoms with van der Waals surface area (Å²) >= 11 is 1.86. The molecule has 1 unspecified atom stereocenters. The third-order valence-corrected chi connectivity index (χ3v) is 5.30. The van der Waals surface area contributed by atoms with Gasteiger partial charge in [-0.15, -0.1) is 11.3 Å². The van der Waals surface area contributed by atoms with E-state index in [-0.39, 0.29) is 5.60 Å². The Hall–Kier alpha value is -0.380. The highest BCUT2D eigenvalue weighted by atomic mass is 32.1. The molecule has 0 radical (unpaired) electrons. The number of aryl methyl sites for hydroxylation is 1. The maximum absolute atomic E-state index is 5.96. The summed E-state index contributed by atoms with van der Waals surface area (Å²) in [5.74, 6) is 0. The predicted molar refractivity (Wildman–Crippen MR) is 71.5 cm³/mol. The second-order valence-corrected chi connectivity index (χ2v) is 6.48. The number of hydrogen-bond acceptors (Lipinski definition) is 3. The maximum Gasteiger partial charge on any atom is 0.0697 e. The Labute approximate surface area is 107 Å². The van der Waals surface area contributed by atoms with Gasteiger partial charge < -0.3 is 10.1 Å². The molecule has 1 aliphatic heterocycles. The van der Waals surface area contributed by atoms with Crippen molar-refractivity contribution in [2.24, 2.45) is 0 Å². The summed E-state index contributed by atoms with van der Waals surface area (Å²) in [6.07, 6.45) is 6.31. The Kier molecular flexibility index (Phi) is 3.24. The molecule has 2 nitrogen and oxygen atoms in total. The molecule has 3 rings (SSSR count). The predicted octanol–water partition coefficient (Wildman–Crippen LogP) is 3.25. The van der Waals surface area contributed by atoms with Crippen LogP contribution in [0.1, 0.15) is 42.5 Å². The van der Waals surface area contributed by atoms with Gasteiger partial charge in [0, 0.05) is 24.1 Å². The highest BCUT2D eigenvalue weighted by Gasteiger charge is 2.42. The van der Waals surface area contributed by atoms with E-state index < -0.39 is 0 Å². The number of rotatable bonds is 3. The summed E-state index contributed by atoms with van der Waals surface area (Å²) in [5.41, 5.74) is 1.69. The minimum absolute atomic E-state index is 0.264. The van der Waals surface area contributed by atoms with Crippen molar-refractivity contribution in [2.75, 3.05) is 6.61 Å². The zero-order valence-electron chi connectivity index (χ0n) is 10.5. The van der Waals surface area contributed by atoms with Gasteiger partial charge in [-0.3, -0.25) is 0 Å². The molecule has 1 aromatic heterocycles. The van der Waals surface area contributed by atoms with Gasteiger partial charge in [-0.2, -0.15) is 0 Å². The lowest BCUT2D eigenvalue weighted by molar-refractivity contribution is -0.135.